The van der Waals surface area contributed by atoms with Crippen molar-refractivity contribution in [1.29, 1.82) is 0 Å². The average molecular weight is 350 g/mol. The number of benzene rings is 1. The quantitative estimate of drug-likeness (QED) is 0.818. The highest BCUT2D eigenvalue weighted by Crippen LogP contribution is 2.26. The van der Waals surface area contributed by atoms with Gasteiger partial charge in [0.2, 0.25) is 15.9 Å². The number of hydrogen-bond acceptors (Lipinski definition) is 3. The van der Waals surface area contributed by atoms with Crippen molar-refractivity contribution in [3.8, 4) is 0 Å². The number of nitrogens with zero attached hydrogens (tertiary/aromatic N) is 2. The molecule has 1 aliphatic carbocycles. The summed E-state index contributed by atoms with van der Waals surface area (Å²) in [5, 5.41) is 0. The number of piperazine rings is 1. The fraction of sp³-hybridized carbons (Fsp3) is 0.611. The number of fused-ring (bicyclic) bond motifs is 1. The Balaban J connectivity index is 1.66. The third-order valence-corrected chi connectivity index (χ3v) is 6.94. The van der Waals surface area contributed by atoms with Gasteiger partial charge in [-0.2, -0.15) is 4.31 Å². The van der Waals surface area contributed by atoms with Gasteiger partial charge < -0.3 is 4.90 Å². The summed E-state index contributed by atoms with van der Waals surface area (Å²) in [7, 11) is -3.45. The zero-order valence-electron chi connectivity index (χ0n) is 14.3. The van der Waals surface area contributed by atoms with E-state index in [2.05, 4.69) is 6.92 Å². The molecule has 1 heterocycles. The molecule has 3 rings (SSSR count). The van der Waals surface area contributed by atoms with Crippen LogP contribution in [0.25, 0.3) is 0 Å². The van der Waals surface area contributed by atoms with Crippen molar-refractivity contribution in [1.82, 2.24) is 9.21 Å². The molecule has 1 fully saturated rings. The standard InChI is InChI=1S/C18H26N2O3S/c1-2-3-7-18(21)19-10-12-20(13-11-19)24(22,23)17-9-8-15-5-4-6-16(15)14-17/h8-9,14H,2-7,10-13H2,1H3. The van der Waals surface area contributed by atoms with Gasteiger partial charge in [0.25, 0.3) is 0 Å². The van der Waals surface area contributed by atoms with Gasteiger partial charge in [0.15, 0.2) is 0 Å². The van der Waals surface area contributed by atoms with Crippen LogP contribution in [0.4, 0.5) is 0 Å². The first kappa shape index (κ1) is 17.4. The van der Waals surface area contributed by atoms with E-state index in [-0.39, 0.29) is 5.91 Å². The van der Waals surface area contributed by atoms with Gasteiger partial charge in [-0.25, -0.2) is 8.42 Å². The first-order valence-electron chi connectivity index (χ1n) is 8.92. The smallest absolute Gasteiger partial charge is 0.243 e. The third-order valence-electron chi connectivity index (χ3n) is 5.04. The zero-order chi connectivity index (χ0) is 17.2. The molecule has 1 aromatic rings. The molecule has 2 aliphatic rings. The fourth-order valence-electron chi connectivity index (χ4n) is 3.52. The molecule has 5 nitrogen and oxygen atoms in total. The van der Waals surface area contributed by atoms with E-state index in [4.69, 9.17) is 0 Å². The van der Waals surface area contributed by atoms with Crippen molar-refractivity contribution < 1.29 is 13.2 Å². The molecule has 6 heteroatoms. The number of amides is 1. The Morgan fingerprint density at radius 3 is 2.50 bits per heavy atom. The minimum atomic E-state index is -3.45. The SMILES string of the molecule is CCCCC(=O)N1CCN(S(=O)(=O)c2ccc3c(c2)CCC3)CC1. The highest BCUT2D eigenvalue weighted by molar-refractivity contribution is 7.89. The predicted octanol–water partition coefficient (Wildman–Crippen LogP) is 2.20. The molecule has 1 saturated heterocycles. The highest BCUT2D eigenvalue weighted by atomic mass is 32.2. The molecule has 0 spiro atoms. The van der Waals surface area contributed by atoms with E-state index < -0.39 is 10.0 Å². The van der Waals surface area contributed by atoms with Crippen LogP contribution in [0.3, 0.4) is 0 Å². The maximum absolute atomic E-state index is 12.9. The molecule has 24 heavy (non-hydrogen) atoms. The molecular formula is C18H26N2O3S. The van der Waals surface area contributed by atoms with Crippen molar-refractivity contribution in [3.05, 3.63) is 29.3 Å². The van der Waals surface area contributed by atoms with E-state index in [0.717, 1.165) is 32.1 Å². The van der Waals surface area contributed by atoms with Gasteiger partial charge in [-0.3, -0.25) is 4.79 Å². The lowest BCUT2D eigenvalue weighted by atomic mass is 10.1. The molecule has 0 bridgehead atoms. The van der Waals surface area contributed by atoms with E-state index in [9.17, 15) is 13.2 Å². The van der Waals surface area contributed by atoms with E-state index >= 15 is 0 Å². The molecule has 0 saturated carbocycles. The summed E-state index contributed by atoms with van der Waals surface area (Å²) in [5.74, 6) is 0.145. The van der Waals surface area contributed by atoms with Gasteiger partial charge >= 0.3 is 0 Å². The molecule has 1 aliphatic heterocycles. The molecular weight excluding hydrogens is 324 g/mol. The number of carbonyl (C=O) groups excluding carboxylic acids is 1. The summed E-state index contributed by atoms with van der Waals surface area (Å²) < 4.78 is 27.2. The minimum absolute atomic E-state index is 0.145. The summed E-state index contributed by atoms with van der Waals surface area (Å²) in [6, 6.07) is 5.54. The predicted molar refractivity (Wildman–Crippen MR) is 93.3 cm³/mol. The Morgan fingerprint density at radius 1 is 1.08 bits per heavy atom. The molecule has 0 radical (unpaired) electrons. The van der Waals surface area contributed by atoms with E-state index in [1.165, 1.54) is 15.4 Å². The van der Waals surface area contributed by atoms with Crippen molar-refractivity contribution >= 4 is 15.9 Å². The van der Waals surface area contributed by atoms with Crippen LogP contribution in [0, 0.1) is 0 Å². The van der Waals surface area contributed by atoms with Crippen LogP contribution in [0.5, 0.6) is 0 Å². The summed E-state index contributed by atoms with van der Waals surface area (Å²) in [6.45, 7) is 3.82. The van der Waals surface area contributed by atoms with Crippen LogP contribution in [-0.2, 0) is 27.7 Å². The average Bonchev–Trinajstić information content (AvgIpc) is 3.07. The fourth-order valence-corrected chi connectivity index (χ4v) is 5.00. The van der Waals surface area contributed by atoms with Crippen molar-refractivity contribution in [2.24, 2.45) is 0 Å². The first-order chi connectivity index (χ1) is 11.5. The second-order valence-corrected chi connectivity index (χ2v) is 8.61. The molecule has 1 amide bonds. The van der Waals surface area contributed by atoms with Gasteiger partial charge in [0.05, 0.1) is 4.90 Å². The van der Waals surface area contributed by atoms with Crippen LogP contribution in [0.2, 0.25) is 0 Å². The third kappa shape index (κ3) is 3.49. The van der Waals surface area contributed by atoms with Gasteiger partial charge in [-0.1, -0.05) is 19.4 Å². The lowest BCUT2D eigenvalue weighted by Crippen LogP contribution is -2.50. The monoisotopic (exact) mass is 350 g/mol. The van der Waals surface area contributed by atoms with Crippen molar-refractivity contribution in [2.45, 2.75) is 50.3 Å². The van der Waals surface area contributed by atoms with E-state index in [1.807, 2.05) is 12.1 Å². The van der Waals surface area contributed by atoms with Crippen LogP contribution in [0.15, 0.2) is 23.1 Å². The van der Waals surface area contributed by atoms with Crippen molar-refractivity contribution in [2.75, 3.05) is 26.2 Å². The van der Waals surface area contributed by atoms with Gasteiger partial charge in [-0.05, 0) is 48.9 Å². The van der Waals surface area contributed by atoms with Crippen LogP contribution >= 0.6 is 0 Å². The Bertz CT molecular complexity index is 707. The van der Waals surface area contributed by atoms with Gasteiger partial charge in [-0.15, -0.1) is 0 Å². The Hall–Kier alpha value is -1.40. The summed E-state index contributed by atoms with van der Waals surface area (Å²) in [4.78, 5) is 14.3. The second-order valence-electron chi connectivity index (χ2n) is 6.67. The number of carbonyl (C=O) groups is 1. The maximum Gasteiger partial charge on any atom is 0.243 e. The lowest BCUT2D eigenvalue weighted by molar-refractivity contribution is -0.132. The van der Waals surface area contributed by atoms with Crippen LogP contribution < -0.4 is 0 Å². The Kier molecular flexibility index (Phi) is 5.25. The molecule has 1 aromatic carbocycles. The van der Waals surface area contributed by atoms with Crippen LogP contribution in [0.1, 0.15) is 43.7 Å². The summed E-state index contributed by atoms with van der Waals surface area (Å²) >= 11 is 0. The minimum Gasteiger partial charge on any atom is -0.340 e. The molecule has 0 aromatic heterocycles. The highest BCUT2D eigenvalue weighted by Gasteiger charge is 2.30. The van der Waals surface area contributed by atoms with Crippen molar-refractivity contribution in [3.63, 3.8) is 0 Å². The number of aryl methyl sites for hydroxylation is 2. The maximum atomic E-state index is 12.9. The van der Waals surface area contributed by atoms with Gasteiger partial charge in [0.1, 0.15) is 0 Å². The lowest BCUT2D eigenvalue weighted by Gasteiger charge is -2.34. The molecule has 0 N–H and O–H groups in total. The Morgan fingerprint density at radius 2 is 1.79 bits per heavy atom. The largest absolute Gasteiger partial charge is 0.340 e. The van der Waals surface area contributed by atoms with E-state index in [0.29, 0.717) is 37.5 Å². The normalized spacial score (nSPS) is 18.6. The zero-order valence-corrected chi connectivity index (χ0v) is 15.1. The summed E-state index contributed by atoms with van der Waals surface area (Å²) in [5.41, 5.74) is 2.45. The second kappa shape index (κ2) is 7.23. The number of sulfonamides is 1. The number of hydrogen-bond donors (Lipinski definition) is 0. The summed E-state index contributed by atoms with van der Waals surface area (Å²) in [6.07, 6.45) is 5.59. The number of rotatable bonds is 5. The first-order valence-corrected chi connectivity index (χ1v) is 10.4. The van der Waals surface area contributed by atoms with Gasteiger partial charge in [0, 0.05) is 32.6 Å². The van der Waals surface area contributed by atoms with E-state index in [1.54, 1.807) is 11.0 Å². The topological polar surface area (TPSA) is 57.7 Å². The molecule has 132 valence electrons. The molecule has 0 atom stereocenters. The number of unbranched alkanes of at least 4 members (excludes halogenated alkanes) is 1. The Labute approximate surface area is 144 Å². The molecule has 0 unspecified atom stereocenters. The van der Waals surface area contributed by atoms with Crippen LogP contribution in [-0.4, -0.2) is 49.7 Å².